The number of rotatable bonds is 10. The van der Waals surface area contributed by atoms with E-state index in [0.717, 1.165) is 25.1 Å². The first-order chi connectivity index (χ1) is 26.7. The van der Waals surface area contributed by atoms with Crippen molar-refractivity contribution in [3.63, 3.8) is 0 Å². The van der Waals surface area contributed by atoms with Crippen LogP contribution >= 0.6 is 11.6 Å². The molecular formula is C34H24ClFeN7O12S3. The first-order valence-corrected chi connectivity index (χ1v) is 20.3. The van der Waals surface area contributed by atoms with Crippen LogP contribution in [0.5, 0.6) is 11.5 Å². The van der Waals surface area contributed by atoms with E-state index in [1.807, 2.05) is 0 Å². The summed E-state index contributed by atoms with van der Waals surface area (Å²) in [4.78, 5) is 9.34. The molecule has 0 saturated heterocycles. The van der Waals surface area contributed by atoms with E-state index in [-0.39, 0.29) is 39.5 Å². The minimum Gasteiger partial charge on any atom is -0.506 e. The SMILES string of the molecule is CC(=O)Nc1c(S(=O)(=O)O)cc(S(=O)(=O)O)c2ccc(N=Nc3ccc(N=Nc4ccc(N=Nc5ccc(Cl)cc5)c5ccc(S(=O)(=O)O)cc45)cc3O)c(O)c12.[Fe]. The van der Waals surface area contributed by atoms with Crippen molar-refractivity contribution in [3.8, 4) is 11.5 Å². The quantitative estimate of drug-likeness (QED) is 0.0426. The van der Waals surface area contributed by atoms with Gasteiger partial charge >= 0.3 is 0 Å². The predicted molar refractivity (Wildman–Crippen MR) is 205 cm³/mol. The van der Waals surface area contributed by atoms with Gasteiger partial charge in [0.25, 0.3) is 30.4 Å². The zero-order chi connectivity index (χ0) is 41.4. The molecule has 6 aromatic rings. The Labute approximate surface area is 343 Å². The number of azo groups is 3. The normalized spacial score (nSPS) is 12.5. The summed E-state index contributed by atoms with van der Waals surface area (Å²) in [6.07, 6.45) is 0. The van der Waals surface area contributed by atoms with Crippen LogP contribution in [0.25, 0.3) is 21.5 Å². The summed E-state index contributed by atoms with van der Waals surface area (Å²) in [5, 5.41) is 48.5. The van der Waals surface area contributed by atoms with E-state index < -0.39 is 84.6 Å². The molecule has 58 heavy (non-hydrogen) atoms. The number of carbonyl (C=O) groups excluding carboxylic acids is 1. The van der Waals surface area contributed by atoms with Crippen molar-refractivity contribution in [2.45, 2.75) is 21.6 Å². The first-order valence-electron chi connectivity index (χ1n) is 15.6. The Morgan fingerprint density at radius 3 is 1.67 bits per heavy atom. The van der Waals surface area contributed by atoms with Crippen LogP contribution in [0.4, 0.5) is 39.8 Å². The third-order valence-electron chi connectivity index (χ3n) is 7.87. The van der Waals surface area contributed by atoms with Crippen LogP contribution < -0.4 is 5.32 Å². The van der Waals surface area contributed by atoms with Crippen molar-refractivity contribution in [3.05, 3.63) is 96.0 Å². The summed E-state index contributed by atoms with van der Waals surface area (Å²) >= 11 is 5.93. The van der Waals surface area contributed by atoms with E-state index in [1.165, 1.54) is 36.4 Å². The summed E-state index contributed by atoms with van der Waals surface area (Å²) < 4.78 is 102. The molecule has 6 N–H and O–H groups in total. The Bertz CT molecular complexity index is 3100. The molecule has 0 atom stereocenters. The maximum atomic E-state index is 12.2. The van der Waals surface area contributed by atoms with E-state index in [9.17, 15) is 53.9 Å². The fourth-order valence-corrected chi connectivity index (χ4v) is 7.46. The fraction of sp³-hybridized carbons (Fsp3) is 0.0294. The molecule has 1 amide bonds. The van der Waals surface area contributed by atoms with E-state index in [2.05, 4.69) is 36.0 Å². The Balaban J connectivity index is 0.00000641. The molecule has 0 aromatic heterocycles. The van der Waals surface area contributed by atoms with Gasteiger partial charge < -0.3 is 15.5 Å². The molecule has 0 radical (unpaired) electrons. The van der Waals surface area contributed by atoms with Crippen molar-refractivity contribution >= 4 is 109 Å². The van der Waals surface area contributed by atoms with Crippen molar-refractivity contribution in [1.82, 2.24) is 0 Å². The van der Waals surface area contributed by atoms with E-state index in [4.69, 9.17) is 11.6 Å². The number of hydrogen-bond acceptors (Lipinski definition) is 15. The molecule has 0 spiro atoms. The Morgan fingerprint density at radius 1 is 0.569 bits per heavy atom. The number of halogens is 1. The molecule has 0 bridgehead atoms. The topological polar surface area (TPSA) is 307 Å². The van der Waals surface area contributed by atoms with Gasteiger partial charge in [-0.25, -0.2) is 0 Å². The Kier molecular flexibility index (Phi) is 12.4. The molecule has 300 valence electrons. The minimum absolute atomic E-state index is 0. The molecule has 0 heterocycles. The van der Waals surface area contributed by atoms with Crippen LogP contribution in [0.2, 0.25) is 5.02 Å². The number of amides is 1. The number of fused-ring (bicyclic) bond motifs is 2. The molecular weight excluding hydrogens is 886 g/mol. The number of phenolic OH excluding ortho intramolecular Hbond substituents is 2. The number of anilines is 1. The van der Waals surface area contributed by atoms with Crippen LogP contribution in [0.1, 0.15) is 6.92 Å². The van der Waals surface area contributed by atoms with E-state index in [0.29, 0.717) is 27.8 Å². The average molecular weight is 910 g/mol. The second-order valence-electron chi connectivity index (χ2n) is 11.8. The van der Waals surface area contributed by atoms with Crippen LogP contribution in [0, 0.1) is 0 Å². The molecule has 0 saturated carbocycles. The van der Waals surface area contributed by atoms with Crippen LogP contribution in [-0.2, 0) is 52.2 Å². The van der Waals surface area contributed by atoms with Gasteiger partial charge in [0.1, 0.15) is 26.9 Å². The molecule has 0 aliphatic heterocycles. The standard InChI is InChI=1S/C34H24ClN7O12S3.Fe/c1-17(43)36-33-31(57(52,53)54)16-30(56(49,50)51)23-9-11-28(34(45)32(23)33)42-41-27-10-6-20(14-29(27)44)38-40-26-13-12-25(39-37-19-4-2-18(35)3-5-19)22-8-7-21(15-24(22)26)55(46,47)48;/h2-16,44-45H,1H3,(H,36,43)(H,46,47,48)(H,49,50,51)(H,52,53,54);. The smallest absolute Gasteiger partial charge is 0.296 e. The third-order valence-corrected chi connectivity index (χ3v) is 10.7. The number of hydrogen-bond donors (Lipinski definition) is 6. The fourth-order valence-electron chi connectivity index (χ4n) is 5.36. The molecule has 0 aliphatic rings. The van der Waals surface area contributed by atoms with Gasteiger partial charge in [-0.05, 0) is 72.8 Å². The molecule has 19 nitrogen and oxygen atoms in total. The molecule has 6 rings (SSSR count). The summed E-state index contributed by atoms with van der Waals surface area (Å²) in [5.41, 5.74) is -0.321. The number of nitrogens with one attached hydrogen (secondary N) is 1. The van der Waals surface area contributed by atoms with E-state index >= 15 is 0 Å². The average Bonchev–Trinajstić information content (AvgIpc) is 3.12. The second-order valence-corrected chi connectivity index (χ2v) is 16.4. The van der Waals surface area contributed by atoms with Crippen LogP contribution in [-0.4, -0.2) is 55.0 Å². The van der Waals surface area contributed by atoms with Crippen molar-refractivity contribution in [2.24, 2.45) is 30.7 Å². The van der Waals surface area contributed by atoms with Gasteiger partial charge in [0.05, 0.1) is 38.7 Å². The zero-order valence-electron chi connectivity index (χ0n) is 28.9. The maximum absolute atomic E-state index is 12.2. The Hall–Kier alpha value is -5.75. The molecule has 24 heteroatoms. The molecule has 6 aromatic carbocycles. The summed E-state index contributed by atoms with van der Waals surface area (Å²) in [5.74, 6) is -2.31. The second kappa shape index (κ2) is 16.6. The van der Waals surface area contributed by atoms with Gasteiger partial charge in [-0.1, -0.05) is 23.7 Å². The van der Waals surface area contributed by atoms with Gasteiger partial charge in [0.2, 0.25) is 5.91 Å². The number of phenols is 2. The molecule has 0 unspecified atom stereocenters. The number of benzene rings is 6. The first kappa shape index (κ1) is 43.4. The number of nitrogens with zero attached hydrogens (tertiary/aromatic N) is 6. The maximum Gasteiger partial charge on any atom is 0.296 e. The van der Waals surface area contributed by atoms with Gasteiger partial charge in [0.15, 0.2) is 5.75 Å². The van der Waals surface area contributed by atoms with Gasteiger partial charge in [-0.15, -0.1) is 20.5 Å². The van der Waals surface area contributed by atoms with Gasteiger partial charge in [-0.3, -0.25) is 18.5 Å². The summed E-state index contributed by atoms with van der Waals surface area (Å²) in [6.45, 7) is 0.971. The predicted octanol–water partition coefficient (Wildman–Crippen LogP) is 9.00. The van der Waals surface area contributed by atoms with Gasteiger partial charge in [-0.2, -0.15) is 35.5 Å². The van der Waals surface area contributed by atoms with Crippen molar-refractivity contribution in [1.29, 1.82) is 0 Å². The molecule has 0 aliphatic carbocycles. The summed E-state index contributed by atoms with van der Waals surface area (Å²) in [7, 11) is -15.0. The number of carbonyl (C=O) groups is 1. The largest absolute Gasteiger partial charge is 0.506 e. The molecule has 0 fully saturated rings. The van der Waals surface area contributed by atoms with Crippen molar-refractivity contribution in [2.75, 3.05) is 5.32 Å². The zero-order valence-corrected chi connectivity index (χ0v) is 33.2. The monoisotopic (exact) mass is 909 g/mol. The van der Waals surface area contributed by atoms with Crippen LogP contribution in [0.3, 0.4) is 0 Å². The number of aromatic hydroxyl groups is 2. The van der Waals surface area contributed by atoms with Crippen LogP contribution in [0.15, 0.2) is 136 Å². The van der Waals surface area contributed by atoms with Crippen molar-refractivity contribution < 1.29 is 71.0 Å². The summed E-state index contributed by atoms with van der Waals surface area (Å²) in [6, 6.07) is 19.5. The Morgan fingerprint density at radius 2 is 1.09 bits per heavy atom. The van der Waals surface area contributed by atoms with Gasteiger partial charge in [0, 0.05) is 51.2 Å². The minimum atomic E-state index is -5.26. The van der Waals surface area contributed by atoms with E-state index in [1.54, 1.807) is 30.3 Å². The third kappa shape index (κ3) is 9.50.